The van der Waals surface area contributed by atoms with Gasteiger partial charge in [0.25, 0.3) is 5.56 Å². The van der Waals surface area contributed by atoms with Gasteiger partial charge in [-0.15, -0.1) is 0 Å². The normalized spacial score (nSPS) is 20.6. The lowest BCUT2D eigenvalue weighted by molar-refractivity contribution is 0.220. The standard InChI is InChI=1S/C15H25N3O2/c1-15(2,3)11-6-5-8-18(9-7-11)13-12(20-4)14(19)17-10-16-13/h10-11H,5-9H2,1-4H3,(H,16,17,19). The van der Waals surface area contributed by atoms with Crippen LogP contribution in [-0.2, 0) is 0 Å². The summed E-state index contributed by atoms with van der Waals surface area (Å²) in [6, 6.07) is 0. The van der Waals surface area contributed by atoms with E-state index in [1.807, 2.05) is 0 Å². The highest BCUT2D eigenvalue weighted by Crippen LogP contribution is 2.35. The highest BCUT2D eigenvalue weighted by molar-refractivity contribution is 5.50. The minimum Gasteiger partial charge on any atom is -0.489 e. The molecule has 0 saturated carbocycles. The molecule has 1 N–H and O–H groups in total. The van der Waals surface area contributed by atoms with E-state index in [2.05, 4.69) is 35.6 Å². The Hall–Kier alpha value is -1.52. The Labute approximate surface area is 120 Å². The number of ether oxygens (including phenoxy) is 1. The molecule has 0 radical (unpaired) electrons. The molecule has 1 aliphatic rings. The van der Waals surface area contributed by atoms with E-state index >= 15 is 0 Å². The van der Waals surface area contributed by atoms with Gasteiger partial charge in [0.1, 0.15) is 0 Å². The number of rotatable bonds is 2. The van der Waals surface area contributed by atoms with Crippen molar-refractivity contribution in [3.05, 3.63) is 16.7 Å². The number of aromatic amines is 1. The molecule has 20 heavy (non-hydrogen) atoms. The third-order valence-electron chi connectivity index (χ3n) is 4.25. The third-order valence-corrected chi connectivity index (χ3v) is 4.25. The molecule has 2 heterocycles. The van der Waals surface area contributed by atoms with Crippen LogP contribution in [0.25, 0.3) is 0 Å². The van der Waals surface area contributed by atoms with Crippen molar-refractivity contribution in [1.29, 1.82) is 0 Å². The van der Waals surface area contributed by atoms with Crippen LogP contribution in [0.5, 0.6) is 5.75 Å². The molecule has 112 valence electrons. The van der Waals surface area contributed by atoms with Gasteiger partial charge in [-0.1, -0.05) is 20.8 Å². The summed E-state index contributed by atoms with van der Waals surface area (Å²) in [5.74, 6) is 1.70. The smallest absolute Gasteiger partial charge is 0.295 e. The topological polar surface area (TPSA) is 58.2 Å². The van der Waals surface area contributed by atoms with E-state index in [9.17, 15) is 4.79 Å². The van der Waals surface area contributed by atoms with Crippen LogP contribution in [0.4, 0.5) is 5.82 Å². The molecule has 0 aromatic carbocycles. The molecule has 1 aliphatic heterocycles. The van der Waals surface area contributed by atoms with E-state index in [1.54, 1.807) is 0 Å². The molecule has 1 aromatic heterocycles. The summed E-state index contributed by atoms with van der Waals surface area (Å²) in [5.41, 5.74) is 0.121. The van der Waals surface area contributed by atoms with Gasteiger partial charge in [0.05, 0.1) is 13.4 Å². The maximum Gasteiger partial charge on any atom is 0.295 e. The first-order valence-corrected chi connectivity index (χ1v) is 7.30. The zero-order chi connectivity index (χ0) is 14.8. The lowest BCUT2D eigenvalue weighted by Crippen LogP contribution is -2.29. The fourth-order valence-corrected chi connectivity index (χ4v) is 2.96. The van der Waals surface area contributed by atoms with E-state index in [-0.39, 0.29) is 5.56 Å². The van der Waals surface area contributed by atoms with Crippen molar-refractivity contribution in [2.45, 2.75) is 40.0 Å². The molecule has 1 unspecified atom stereocenters. The van der Waals surface area contributed by atoms with Crippen molar-refractivity contribution in [2.24, 2.45) is 11.3 Å². The molecule has 0 bridgehead atoms. The minimum absolute atomic E-state index is 0.214. The number of aromatic nitrogens is 2. The van der Waals surface area contributed by atoms with Crippen molar-refractivity contribution >= 4 is 5.82 Å². The molecule has 5 heteroatoms. The van der Waals surface area contributed by atoms with Crippen LogP contribution in [0.3, 0.4) is 0 Å². The van der Waals surface area contributed by atoms with E-state index in [0.29, 0.717) is 22.9 Å². The molecule has 0 aliphatic carbocycles. The molecule has 5 nitrogen and oxygen atoms in total. The number of hydrogen-bond donors (Lipinski definition) is 1. The zero-order valence-corrected chi connectivity index (χ0v) is 12.9. The first-order chi connectivity index (χ1) is 9.43. The lowest BCUT2D eigenvalue weighted by Gasteiger charge is -2.30. The fraction of sp³-hybridized carbons (Fsp3) is 0.733. The Kier molecular flexibility index (Phi) is 4.35. The van der Waals surface area contributed by atoms with Crippen LogP contribution >= 0.6 is 0 Å². The van der Waals surface area contributed by atoms with E-state index < -0.39 is 0 Å². The van der Waals surface area contributed by atoms with Gasteiger partial charge in [-0.25, -0.2) is 4.98 Å². The molecule has 0 spiro atoms. The predicted molar refractivity (Wildman–Crippen MR) is 80.4 cm³/mol. The van der Waals surface area contributed by atoms with Gasteiger partial charge in [0.15, 0.2) is 5.82 Å². The second-order valence-corrected chi connectivity index (χ2v) is 6.57. The van der Waals surface area contributed by atoms with Crippen LogP contribution in [-0.4, -0.2) is 30.2 Å². The predicted octanol–water partition coefficient (Wildman–Crippen LogP) is 2.43. The second-order valence-electron chi connectivity index (χ2n) is 6.57. The van der Waals surface area contributed by atoms with Crippen molar-refractivity contribution in [1.82, 2.24) is 9.97 Å². The van der Waals surface area contributed by atoms with E-state index in [1.165, 1.54) is 19.9 Å². The maximum absolute atomic E-state index is 11.8. The lowest BCUT2D eigenvalue weighted by atomic mass is 9.77. The van der Waals surface area contributed by atoms with Gasteiger partial charge in [-0.05, 0) is 30.6 Å². The van der Waals surface area contributed by atoms with E-state index in [0.717, 1.165) is 25.9 Å². The van der Waals surface area contributed by atoms with Crippen LogP contribution in [0, 0.1) is 11.3 Å². The Balaban J connectivity index is 2.19. The first kappa shape index (κ1) is 14.9. The summed E-state index contributed by atoms with van der Waals surface area (Å²) in [6.45, 7) is 8.77. The largest absolute Gasteiger partial charge is 0.489 e. The van der Waals surface area contributed by atoms with Crippen LogP contribution in [0.1, 0.15) is 40.0 Å². The molecule has 0 amide bonds. The highest BCUT2D eigenvalue weighted by Gasteiger charge is 2.28. The van der Waals surface area contributed by atoms with Crippen molar-refractivity contribution < 1.29 is 4.74 Å². The number of H-pyrrole nitrogens is 1. The summed E-state index contributed by atoms with van der Waals surface area (Å²) in [5, 5.41) is 0. The highest BCUT2D eigenvalue weighted by atomic mass is 16.5. The number of methoxy groups -OCH3 is 1. The Bertz CT molecular complexity index is 505. The Morgan fingerprint density at radius 2 is 2.10 bits per heavy atom. The summed E-state index contributed by atoms with van der Waals surface area (Å²) in [6.07, 6.45) is 4.93. The molecule has 2 rings (SSSR count). The molecule has 1 fully saturated rings. The van der Waals surface area contributed by atoms with Gasteiger partial charge in [0.2, 0.25) is 5.75 Å². The molecule has 1 atom stereocenters. The second kappa shape index (κ2) is 5.85. The van der Waals surface area contributed by atoms with Gasteiger partial charge in [-0.2, -0.15) is 0 Å². The molecular formula is C15H25N3O2. The summed E-state index contributed by atoms with van der Waals surface area (Å²) in [7, 11) is 1.52. The van der Waals surface area contributed by atoms with Gasteiger partial charge in [0, 0.05) is 13.1 Å². The van der Waals surface area contributed by atoms with Gasteiger partial charge < -0.3 is 14.6 Å². The van der Waals surface area contributed by atoms with Crippen LogP contribution in [0.15, 0.2) is 11.1 Å². The monoisotopic (exact) mass is 279 g/mol. The quantitative estimate of drug-likeness (QED) is 0.903. The van der Waals surface area contributed by atoms with E-state index in [4.69, 9.17) is 4.74 Å². The number of hydrogen-bond acceptors (Lipinski definition) is 4. The number of nitrogens with zero attached hydrogens (tertiary/aromatic N) is 2. The summed E-state index contributed by atoms with van der Waals surface area (Å²) in [4.78, 5) is 20.8. The molecular weight excluding hydrogens is 254 g/mol. The summed E-state index contributed by atoms with van der Waals surface area (Å²) < 4.78 is 5.22. The number of nitrogens with one attached hydrogen (secondary N) is 1. The average Bonchev–Trinajstić information content (AvgIpc) is 2.63. The Morgan fingerprint density at radius 3 is 2.75 bits per heavy atom. The Morgan fingerprint density at radius 1 is 1.35 bits per heavy atom. The van der Waals surface area contributed by atoms with Crippen molar-refractivity contribution in [3.63, 3.8) is 0 Å². The maximum atomic E-state index is 11.8. The van der Waals surface area contributed by atoms with Crippen molar-refractivity contribution in [3.8, 4) is 5.75 Å². The minimum atomic E-state index is -0.214. The molecule has 1 aromatic rings. The van der Waals surface area contributed by atoms with Gasteiger partial charge >= 0.3 is 0 Å². The summed E-state index contributed by atoms with van der Waals surface area (Å²) >= 11 is 0. The zero-order valence-electron chi connectivity index (χ0n) is 12.9. The average molecular weight is 279 g/mol. The SMILES string of the molecule is COc1c(N2CCCC(C(C)(C)C)CC2)nc[nH]c1=O. The van der Waals surface area contributed by atoms with Crippen molar-refractivity contribution in [2.75, 3.05) is 25.1 Å². The fourth-order valence-electron chi connectivity index (χ4n) is 2.96. The first-order valence-electron chi connectivity index (χ1n) is 7.30. The number of anilines is 1. The van der Waals surface area contributed by atoms with Crippen LogP contribution < -0.4 is 15.2 Å². The third kappa shape index (κ3) is 3.14. The van der Waals surface area contributed by atoms with Crippen LogP contribution in [0.2, 0.25) is 0 Å². The van der Waals surface area contributed by atoms with Gasteiger partial charge in [-0.3, -0.25) is 4.79 Å². The molecule has 1 saturated heterocycles.